The van der Waals surface area contributed by atoms with Crippen molar-refractivity contribution in [3.05, 3.63) is 146 Å². The fourth-order valence-electron chi connectivity index (χ4n) is 11.1. The van der Waals surface area contributed by atoms with Crippen LogP contribution < -0.4 is 5.32 Å². The number of amides is 1. The van der Waals surface area contributed by atoms with Gasteiger partial charge in [0.25, 0.3) is 0 Å². The summed E-state index contributed by atoms with van der Waals surface area (Å²) >= 11 is 0. The molecule has 520 valence electrons. The highest BCUT2D eigenvalue weighted by Gasteiger charge is 2.44. The van der Waals surface area contributed by atoms with Crippen LogP contribution in [0, 0.1) is 0 Å². The maximum atomic E-state index is 13.1. The maximum absolute atomic E-state index is 13.1. The van der Waals surface area contributed by atoms with E-state index in [4.69, 9.17) is 9.47 Å². The van der Waals surface area contributed by atoms with E-state index in [9.17, 15) is 30.3 Å². The molecule has 0 aromatic heterocycles. The lowest BCUT2D eigenvalue weighted by molar-refractivity contribution is -0.302. The van der Waals surface area contributed by atoms with Crippen LogP contribution in [0.4, 0.5) is 0 Å². The second kappa shape index (κ2) is 68.9. The van der Waals surface area contributed by atoms with Crippen LogP contribution in [-0.4, -0.2) is 87.5 Å². The van der Waals surface area contributed by atoms with E-state index in [1.165, 1.54) is 161 Å². The summed E-state index contributed by atoms with van der Waals surface area (Å²) in [6.45, 7) is 3.68. The van der Waals surface area contributed by atoms with Crippen molar-refractivity contribution in [2.45, 2.75) is 352 Å². The largest absolute Gasteiger partial charge is 0.394 e. The van der Waals surface area contributed by atoms with Crippen LogP contribution in [-0.2, 0) is 14.3 Å². The molecule has 1 rings (SSSR count). The average molecular weight is 1270 g/mol. The Morgan fingerprint density at radius 2 is 0.681 bits per heavy atom. The van der Waals surface area contributed by atoms with Gasteiger partial charge in [-0.3, -0.25) is 4.79 Å². The zero-order valence-electron chi connectivity index (χ0n) is 58.3. The summed E-state index contributed by atoms with van der Waals surface area (Å²) in [7, 11) is 0. The van der Waals surface area contributed by atoms with Gasteiger partial charge in [-0.05, 0) is 103 Å². The second-order valence-corrected chi connectivity index (χ2v) is 25.4. The van der Waals surface area contributed by atoms with Gasteiger partial charge in [-0.25, -0.2) is 0 Å². The second-order valence-electron chi connectivity index (χ2n) is 25.4. The predicted octanol–water partition coefficient (Wildman–Crippen LogP) is 21.3. The molecular weight excluding hydrogens is 1130 g/mol. The minimum Gasteiger partial charge on any atom is -0.394 e. The topological polar surface area (TPSA) is 149 Å². The van der Waals surface area contributed by atoms with E-state index in [0.717, 1.165) is 128 Å². The molecule has 0 aromatic rings. The van der Waals surface area contributed by atoms with Crippen molar-refractivity contribution < 1.29 is 39.8 Å². The van der Waals surface area contributed by atoms with Crippen LogP contribution in [0.2, 0.25) is 0 Å². The molecule has 1 heterocycles. The Hall–Kier alpha value is -3.93. The number of unbranched alkanes of at least 4 members (excludes halogenated alkanes) is 32. The first-order chi connectivity index (χ1) is 44.8. The molecule has 0 spiro atoms. The number of carbonyl (C=O) groups excluding carboxylic acids is 1. The van der Waals surface area contributed by atoms with Crippen molar-refractivity contribution in [1.29, 1.82) is 0 Å². The lowest BCUT2D eigenvalue weighted by Gasteiger charge is -2.40. The average Bonchev–Trinajstić information content (AvgIpc) is 1.33. The minimum atomic E-state index is -1.58. The van der Waals surface area contributed by atoms with E-state index < -0.39 is 49.5 Å². The van der Waals surface area contributed by atoms with Gasteiger partial charge in [0, 0.05) is 6.42 Å². The van der Waals surface area contributed by atoms with Crippen LogP contribution in [0.5, 0.6) is 0 Å². The minimum absolute atomic E-state index is 0.198. The van der Waals surface area contributed by atoms with E-state index in [0.29, 0.717) is 6.42 Å². The summed E-state index contributed by atoms with van der Waals surface area (Å²) in [6.07, 6.45) is 99.5. The molecule has 0 aromatic carbocycles. The van der Waals surface area contributed by atoms with Gasteiger partial charge in [0.15, 0.2) is 6.29 Å². The van der Waals surface area contributed by atoms with Crippen molar-refractivity contribution >= 4 is 5.91 Å². The number of ether oxygens (including phenoxy) is 2. The smallest absolute Gasteiger partial charge is 0.220 e. The van der Waals surface area contributed by atoms with Crippen LogP contribution in [0.3, 0.4) is 0 Å². The molecule has 1 fully saturated rings. The fourth-order valence-corrected chi connectivity index (χ4v) is 11.1. The zero-order valence-corrected chi connectivity index (χ0v) is 58.3. The molecule has 1 aliphatic rings. The van der Waals surface area contributed by atoms with Gasteiger partial charge in [-0.1, -0.05) is 346 Å². The molecule has 7 unspecified atom stereocenters. The van der Waals surface area contributed by atoms with E-state index in [-0.39, 0.29) is 12.5 Å². The van der Waals surface area contributed by atoms with E-state index in [1.54, 1.807) is 6.08 Å². The molecule has 1 amide bonds. The summed E-state index contributed by atoms with van der Waals surface area (Å²) < 4.78 is 11.3. The summed E-state index contributed by atoms with van der Waals surface area (Å²) in [5.74, 6) is -0.198. The number of hydrogen-bond donors (Lipinski definition) is 6. The number of nitrogens with one attached hydrogen (secondary N) is 1. The van der Waals surface area contributed by atoms with Gasteiger partial charge in [-0.2, -0.15) is 0 Å². The number of aliphatic hydroxyl groups excluding tert-OH is 5. The van der Waals surface area contributed by atoms with E-state index in [2.05, 4.69) is 153 Å². The Bertz CT molecular complexity index is 1950. The highest BCUT2D eigenvalue weighted by molar-refractivity contribution is 5.76. The van der Waals surface area contributed by atoms with Gasteiger partial charge in [0.1, 0.15) is 24.4 Å². The summed E-state index contributed by atoms with van der Waals surface area (Å²) in [5.41, 5.74) is 0. The van der Waals surface area contributed by atoms with Gasteiger partial charge < -0.3 is 40.3 Å². The van der Waals surface area contributed by atoms with Gasteiger partial charge >= 0.3 is 0 Å². The number of allylic oxidation sites excluding steroid dienone is 23. The molecule has 0 aliphatic carbocycles. The maximum Gasteiger partial charge on any atom is 0.220 e. The third-order valence-electron chi connectivity index (χ3n) is 16.9. The molecule has 6 N–H and O–H groups in total. The Morgan fingerprint density at radius 1 is 0.385 bits per heavy atom. The standard InChI is InChI=1S/C82H139NO8/c1-3-5-7-9-11-13-15-17-19-21-23-25-27-29-31-33-34-35-36-37-38-39-40-41-42-44-46-48-50-52-54-56-58-60-62-64-66-68-70-72-78(86)83-75(74-90-82-81(89)80(88)79(87)77(73-84)91-82)76(85)71-69-67-65-63-61-59-57-55-53-51-49-47-45-43-32-30-28-26-24-22-20-18-16-14-12-10-8-6-4-2/h5,7,11,13,17,19,23,25,29,31,34-35,37-38,40-41,44,46,50,52,56,58,69,71,75-77,79-82,84-85,87-89H,3-4,6,8-10,12,14-16,18,20-22,24,26-28,30,32-33,36,39,42-43,45,47-49,51,53-55,57,59-68,70,72-74H2,1-2H3,(H,83,86)/b7-5-,13-11-,19-17-,25-23-,31-29-,35-34-,38-37-,41-40-,46-44-,52-50-,58-56-,71-69+. The first-order valence-electron chi connectivity index (χ1n) is 37.6. The Morgan fingerprint density at radius 3 is 1.01 bits per heavy atom. The molecule has 91 heavy (non-hydrogen) atoms. The summed E-state index contributed by atoms with van der Waals surface area (Å²) in [4.78, 5) is 13.1. The highest BCUT2D eigenvalue weighted by Crippen LogP contribution is 2.23. The lowest BCUT2D eigenvalue weighted by atomic mass is 9.99. The predicted molar refractivity (Wildman–Crippen MR) is 391 cm³/mol. The number of carbonyl (C=O) groups is 1. The van der Waals surface area contributed by atoms with E-state index in [1.807, 2.05) is 6.08 Å². The molecule has 9 nitrogen and oxygen atoms in total. The molecule has 0 saturated carbocycles. The van der Waals surface area contributed by atoms with Gasteiger partial charge in [-0.15, -0.1) is 0 Å². The zero-order chi connectivity index (χ0) is 65.7. The molecule has 1 aliphatic heterocycles. The number of aliphatic hydroxyl groups is 5. The molecule has 7 atom stereocenters. The van der Waals surface area contributed by atoms with E-state index >= 15 is 0 Å². The Labute approximate surface area is 559 Å². The SMILES string of the molecule is CC/C=C\C/C=C\C/C=C\C/C=C\C/C=C\C/C=C\C/C=C\C/C=C\C/C=C\C/C=C\C/C=C\CCCCCCCC(=O)NC(COC1OC(CO)C(O)C(O)C1O)C(O)/C=C/CCCCCCCCCCCCCCCCCCCCCCCCCCCCC. The quantitative estimate of drug-likeness (QED) is 0.0261. The molecular formula is C82H139NO8. The third-order valence-corrected chi connectivity index (χ3v) is 16.9. The summed E-state index contributed by atoms with van der Waals surface area (Å²) in [6, 6.07) is -0.829. The van der Waals surface area contributed by atoms with Crippen molar-refractivity contribution in [3.63, 3.8) is 0 Å². The first kappa shape index (κ1) is 85.1. The van der Waals surface area contributed by atoms with Crippen LogP contribution >= 0.6 is 0 Å². The van der Waals surface area contributed by atoms with Crippen molar-refractivity contribution in [1.82, 2.24) is 5.32 Å². The lowest BCUT2D eigenvalue weighted by Crippen LogP contribution is -2.60. The number of hydrogen-bond acceptors (Lipinski definition) is 8. The highest BCUT2D eigenvalue weighted by atomic mass is 16.7. The van der Waals surface area contributed by atoms with Crippen molar-refractivity contribution in [2.24, 2.45) is 0 Å². The van der Waals surface area contributed by atoms with Gasteiger partial charge in [0.2, 0.25) is 5.91 Å². The van der Waals surface area contributed by atoms with Crippen molar-refractivity contribution in [2.75, 3.05) is 13.2 Å². The van der Waals surface area contributed by atoms with Crippen molar-refractivity contribution in [3.8, 4) is 0 Å². The van der Waals surface area contributed by atoms with Gasteiger partial charge in [0.05, 0.1) is 25.4 Å². The molecule has 1 saturated heterocycles. The fraction of sp³-hybridized carbons (Fsp3) is 0.695. The molecule has 0 radical (unpaired) electrons. The first-order valence-corrected chi connectivity index (χ1v) is 37.6. The number of rotatable bonds is 64. The monoisotopic (exact) mass is 1270 g/mol. The van der Waals surface area contributed by atoms with Crippen LogP contribution in [0.15, 0.2) is 146 Å². The third kappa shape index (κ3) is 57.3. The molecule has 0 bridgehead atoms. The normalized spacial score (nSPS) is 18.6. The summed E-state index contributed by atoms with van der Waals surface area (Å²) in [5, 5.41) is 54.8. The van der Waals surface area contributed by atoms with Crippen LogP contribution in [0.25, 0.3) is 0 Å². The Kier molecular flexibility index (Phi) is 64.4. The van der Waals surface area contributed by atoms with Crippen LogP contribution in [0.1, 0.15) is 309 Å². The Balaban J connectivity index is 2.17. The molecule has 9 heteroatoms.